The average Bonchev–Trinajstić information content (AvgIpc) is 3.28. The van der Waals surface area contributed by atoms with Crippen LogP contribution in [0, 0.1) is 13.8 Å². The molecule has 2 heterocycles. The Morgan fingerprint density at radius 2 is 1.54 bits per heavy atom. The second-order valence-corrected chi connectivity index (χ2v) is 8.53. The molecule has 0 aliphatic heterocycles. The summed E-state index contributed by atoms with van der Waals surface area (Å²) in [4.78, 5) is 0. The lowest BCUT2D eigenvalue weighted by Crippen LogP contribution is -1.84. The van der Waals surface area contributed by atoms with Gasteiger partial charge in [-0.2, -0.15) is 0 Å². The van der Waals surface area contributed by atoms with E-state index in [4.69, 9.17) is 4.42 Å². The van der Waals surface area contributed by atoms with E-state index in [9.17, 15) is 0 Å². The molecule has 6 rings (SSSR count). The zero-order valence-electron chi connectivity index (χ0n) is 15.7. The Balaban J connectivity index is 1.61. The summed E-state index contributed by atoms with van der Waals surface area (Å²) >= 11 is 1.89. The molecule has 0 unspecified atom stereocenters. The van der Waals surface area contributed by atoms with Crippen molar-refractivity contribution in [3.8, 4) is 11.1 Å². The predicted octanol–water partition coefficient (Wildman–Crippen LogP) is 8.24. The number of para-hydroxylation sites is 1. The minimum atomic E-state index is 0.952. The second kappa shape index (κ2) is 5.70. The van der Waals surface area contributed by atoms with Gasteiger partial charge in [0.05, 0.1) is 0 Å². The van der Waals surface area contributed by atoms with E-state index >= 15 is 0 Å². The topological polar surface area (TPSA) is 13.1 Å². The van der Waals surface area contributed by atoms with Crippen LogP contribution in [0.15, 0.2) is 77.2 Å². The van der Waals surface area contributed by atoms with Gasteiger partial charge in [0.25, 0.3) is 0 Å². The summed E-state index contributed by atoms with van der Waals surface area (Å²) in [5.41, 5.74) is 6.98. The van der Waals surface area contributed by atoms with E-state index in [-0.39, 0.29) is 0 Å². The molecule has 134 valence electrons. The average molecular weight is 378 g/mol. The lowest BCUT2D eigenvalue weighted by Gasteiger charge is -2.07. The van der Waals surface area contributed by atoms with E-state index in [0.717, 1.165) is 11.2 Å². The summed E-state index contributed by atoms with van der Waals surface area (Å²) in [5, 5.41) is 5.07. The number of rotatable bonds is 1. The molecule has 0 saturated carbocycles. The van der Waals surface area contributed by atoms with Crippen LogP contribution in [0.1, 0.15) is 11.1 Å². The molecule has 2 heteroatoms. The van der Waals surface area contributed by atoms with Crippen LogP contribution in [-0.4, -0.2) is 0 Å². The number of hydrogen-bond donors (Lipinski definition) is 0. The largest absolute Gasteiger partial charge is 0.456 e. The minimum Gasteiger partial charge on any atom is -0.456 e. The highest BCUT2D eigenvalue weighted by Crippen LogP contribution is 2.40. The molecular weight excluding hydrogens is 360 g/mol. The van der Waals surface area contributed by atoms with Crippen molar-refractivity contribution >= 4 is 53.4 Å². The standard InChI is InChI=1S/C26H18OS/c1-15-6-5-8-22-20-11-10-17(14-24(20)28-26(15)22)18-12-13-21-19-7-3-4-9-23(19)27-25(21)16(18)2/h3-14H,1-2H3. The third kappa shape index (κ3) is 2.12. The molecule has 0 amide bonds. The summed E-state index contributed by atoms with van der Waals surface area (Å²) in [7, 11) is 0. The van der Waals surface area contributed by atoms with Gasteiger partial charge >= 0.3 is 0 Å². The maximum absolute atomic E-state index is 6.20. The van der Waals surface area contributed by atoms with Crippen LogP contribution in [-0.2, 0) is 0 Å². The van der Waals surface area contributed by atoms with E-state index in [0.29, 0.717) is 0 Å². The zero-order valence-corrected chi connectivity index (χ0v) is 16.6. The van der Waals surface area contributed by atoms with Crippen molar-refractivity contribution in [1.82, 2.24) is 0 Å². The van der Waals surface area contributed by atoms with Crippen molar-refractivity contribution < 1.29 is 4.42 Å². The number of hydrogen-bond acceptors (Lipinski definition) is 2. The molecule has 0 aliphatic carbocycles. The van der Waals surface area contributed by atoms with E-state index < -0.39 is 0 Å². The summed E-state index contributed by atoms with van der Waals surface area (Å²) in [5.74, 6) is 0. The first-order valence-corrected chi connectivity index (χ1v) is 10.4. The third-order valence-electron chi connectivity index (χ3n) is 5.80. The Bertz CT molecular complexity index is 1530. The highest BCUT2D eigenvalue weighted by molar-refractivity contribution is 7.26. The molecule has 2 aromatic heterocycles. The molecule has 0 N–H and O–H groups in total. The summed E-state index contributed by atoms with van der Waals surface area (Å²) in [6.45, 7) is 4.36. The first-order valence-electron chi connectivity index (χ1n) is 9.54. The Morgan fingerprint density at radius 3 is 2.46 bits per heavy atom. The lowest BCUT2D eigenvalue weighted by molar-refractivity contribution is 0.666. The van der Waals surface area contributed by atoms with Gasteiger partial charge in [-0.25, -0.2) is 0 Å². The quantitative estimate of drug-likeness (QED) is 0.281. The van der Waals surface area contributed by atoms with Gasteiger partial charge in [-0.3, -0.25) is 0 Å². The highest BCUT2D eigenvalue weighted by atomic mass is 32.1. The van der Waals surface area contributed by atoms with Crippen molar-refractivity contribution in [2.75, 3.05) is 0 Å². The Labute approximate surface area is 166 Å². The van der Waals surface area contributed by atoms with Crippen molar-refractivity contribution in [3.05, 3.63) is 83.9 Å². The summed E-state index contributed by atoms with van der Waals surface area (Å²) in [6.07, 6.45) is 0. The van der Waals surface area contributed by atoms with Crippen LogP contribution in [0.3, 0.4) is 0 Å². The maximum atomic E-state index is 6.20. The number of fused-ring (bicyclic) bond motifs is 6. The van der Waals surface area contributed by atoms with Crippen molar-refractivity contribution in [2.24, 2.45) is 0 Å². The Hall–Kier alpha value is -3.10. The molecular formula is C26H18OS. The summed E-state index contributed by atoms with van der Waals surface area (Å²) < 4.78 is 8.93. The normalized spacial score (nSPS) is 11.9. The minimum absolute atomic E-state index is 0.952. The number of benzene rings is 4. The van der Waals surface area contributed by atoms with Gasteiger partial charge in [0, 0.05) is 36.5 Å². The van der Waals surface area contributed by atoms with Crippen LogP contribution >= 0.6 is 11.3 Å². The Kier molecular flexibility index (Phi) is 3.24. The van der Waals surface area contributed by atoms with Gasteiger partial charge in [0.15, 0.2) is 0 Å². The lowest BCUT2D eigenvalue weighted by atomic mass is 9.97. The zero-order chi connectivity index (χ0) is 18.8. The van der Waals surface area contributed by atoms with E-state index in [1.165, 1.54) is 53.2 Å². The highest BCUT2D eigenvalue weighted by Gasteiger charge is 2.14. The molecule has 0 aliphatic rings. The SMILES string of the molecule is Cc1c(-c2ccc3c(c2)sc2c(C)cccc23)ccc2c1oc1ccccc12. The first-order chi connectivity index (χ1) is 13.7. The van der Waals surface area contributed by atoms with E-state index in [1.54, 1.807) is 0 Å². The molecule has 0 atom stereocenters. The molecule has 28 heavy (non-hydrogen) atoms. The molecule has 6 aromatic rings. The molecule has 0 spiro atoms. The van der Waals surface area contributed by atoms with Gasteiger partial charge in [-0.05, 0) is 48.7 Å². The fourth-order valence-electron chi connectivity index (χ4n) is 4.34. The Morgan fingerprint density at radius 1 is 0.714 bits per heavy atom. The fraction of sp³-hybridized carbons (Fsp3) is 0.0769. The third-order valence-corrected chi connectivity index (χ3v) is 7.11. The van der Waals surface area contributed by atoms with Gasteiger partial charge in [-0.1, -0.05) is 54.6 Å². The van der Waals surface area contributed by atoms with Crippen LogP contribution in [0.5, 0.6) is 0 Å². The van der Waals surface area contributed by atoms with E-state index in [1.807, 2.05) is 23.5 Å². The van der Waals surface area contributed by atoms with Crippen LogP contribution in [0.25, 0.3) is 53.2 Å². The molecule has 1 nitrogen and oxygen atoms in total. The van der Waals surface area contributed by atoms with Crippen LogP contribution in [0.2, 0.25) is 0 Å². The number of furan rings is 1. The van der Waals surface area contributed by atoms with E-state index in [2.05, 4.69) is 74.5 Å². The number of thiophene rings is 1. The van der Waals surface area contributed by atoms with Crippen LogP contribution < -0.4 is 0 Å². The van der Waals surface area contributed by atoms with Crippen molar-refractivity contribution in [2.45, 2.75) is 13.8 Å². The molecule has 0 fully saturated rings. The van der Waals surface area contributed by atoms with Gasteiger partial charge in [0.2, 0.25) is 0 Å². The van der Waals surface area contributed by atoms with Gasteiger partial charge in [-0.15, -0.1) is 11.3 Å². The fourth-order valence-corrected chi connectivity index (χ4v) is 5.55. The van der Waals surface area contributed by atoms with Crippen molar-refractivity contribution in [3.63, 3.8) is 0 Å². The summed E-state index contributed by atoms with van der Waals surface area (Å²) in [6, 6.07) is 26.1. The van der Waals surface area contributed by atoms with Gasteiger partial charge in [0.1, 0.15) is 11.2 Å². The maximum Gasteiger partial charge on any atom is 0.138 e. The molecule has 4 aromatic carbocycles. The first kappa shape index (κ1) is 15.9. The molecule has 0 saturated heterocycles. The second-order valence-electron chi connectivity index (χ2n) is 7.48. The van der Waals surface area contributed by atoms with Crippen LogP contribution in [0.4, 0.5) is 0 Å². The molecule has 0 radical (unpaired) electrons. The smallest absolute Gasteiger partial charge is 0.138 e. The monoisotopic (exact) mass is 378 g/mol. The van der Waals surface area contributed by atoms with Gasteiger partial charge < -0.3 is 4.42 Å². The predicted molar refractivity (Wildman–Crippen MR) is 122 cm³/mol. The molecule has 0 bridgehead atoms. The van der Waals surface area contributed by atoms with Crippen molar-refractivity contribution in [1.29, 1.82) is 0 Å². The number of aryl methyl sites for hydroxylation is 2.